The van der Waals surface area contributed by atoms with Crippen LogP contribution < -0.4 is 0 Å². The average molecular weight is 273 g/mol. The van der Waals surface area contributed by atoms with E-state index in [2.05, 4.69) is 46.2 Å². The molecule has 3 heterocycles. The Morgan fingerprint density at radius 1 is 1.26 bits per heavy atom. The van der Waals surface area contributed by atoms with Gasteiger partial charge in [0.15, 0.2) is 5.82 Å². The number of likely N-dealkylation sites (tertiary alicyclic amines) is 1. The summed E-state index contributed by atoms with van der Waals surface area (Å²) in [6.45, 7) is 7.66. The molecule has 0 N–H and O–H groups in total. The Morgan fingerprint density at radius 3 is 2.84 bits per heavy atom. The van der Waals surface area contributed by atoms with Crippen LogP contribution in [0.5, 0.6) is 0 Å². The second kappa shape index (κ2) is 5.39. The van der Waals surface area contributed by atoms with E-state index in [1.54, 1.807) is 11.3 Å². The van der Waals surface area contributed by atoms with Crippen molar-refractivity contribution < 1.29 is 0 Å². The van der Waals surface area contributed by atoms with Crippen molar-refractivity contribution >= 4 is 27.6 Å². The quantitative estimate of drug-likeness (QED) is 0.858. The maximum absolute atomic E-state index is 4.65. The van der Waals surface area contributed by atoms with E-state index in [1.165, 1.54) is 36.2 Å². The van der Waals surface area contributed by atoms with E-state index < -0.39 is 0 Å². The van der Waals surface area contributed by atoms with Crippen LogP contribution in [0.2, 0.25) is 0 Å². The molecule has 4 heteroatoms. The molecule has 1 aliphatic heterocycles. The highest BCUT2D eigenvalue weighted by molar-refractivity contribution is 7.17. The van der Waals surface area contributed by atoms with E-state index in [0.29, 0.717) is 0 Å². The van der Waals surface area contributed by atoms with Crippen LogP contribution in [0.3, 0.4) is 0 Å². The Kier molecular flexibility index (Phi) is 3.62. The molecule has 2 aromatic rings. The van der Waals surface area contributed by atoms with Crippen molar-refractivity contribution in [3.8, 4) is 0 Å². The molecule has 0 atom stereocenters. The Hall–Kier alpha value is -1.26. The molecular formula is C15H19N3S. The Balaban J connectivity index is 1.80. The van der Waals surface area contributed by atoms with E-state index in [-0.39, 0.29) is 0 Å². The molecule has 0 radical (unpaired) electrons. The van der Waals surface area contributed by atoms with Crippen LogP contribution in [-0.2, 0) is 0 Å². The summed E-state index contributed by atoms with van der Waals surface area (Å²) in [5.41, 5.74) is 3.45. The summed E-state index contributed by atoms with van der Waals surface area (Å²) < 4.78 is 1.22. The third-order valence-electron chi connectivity index (χ3n) is 3.61. The molecule has 0 aromatic carbocycles. The van der Waals surface area contributed by atoms with E-state index >= 15 is 0 Å². The lowest BCUT2D eigenvalue weighted by molar-refractivity contribution is 0.378. The molecule has 0 bridgehead atoms. The Morgan fingerprint density at radius 2 is 2.05 bits per heavy atom. The molecule has 0 aliphatic carbocycles. The van der Waals surface area contributed by atoms with Crippen LogP contribution in [0.1, 0.15) is 29.9 Å². The normalized spacial score (nSPS) is 16.9. The summed E-state index contributed by atoms with van der Waals surface area (Å²) in [5.74, 6) is 0.839. The smallest absolute Gasteiger partial charge is 0.152 e. The third-order valence-corrected chi connectivity index (χ3v) is 4.80. The first kappa shape index (κ1) is 12.8. The SMILES string of the molecule is Cc1csc2c(C)nc(/C=C/CN3CCCC3)nc12. The zero-order valence-electron chi connectivity index (χ0n) is 11.5. The molecule has 19 heavy (non-hydrogen) atoms. The topological polar surface area (TPSA) is 29.0 Å². The fourth-order valence-electron chi connectivity index (χ4n) is 2.54. The summed E-state index contributed by atoms with van der Waals surface area (Å²) >= 11 is 1.74. The molecule has 2 aromatic heterocycles. The summed E-state index contributed by atoms with van der Waals surface area (Å²) in [6.07, 6.45) is 6.92. The zero-order valence-corrected chi connectivity index (χ0v) is 12.3. The van der Waals surface area contributed by atoms with Crippen molar-refractivity contribution in [3.63, 3.8) is 0 Å². The predicted molar refractivity (Wildman–Crippen MR) is 81.6 cm³/mol. The number of fused-ring (bicyclic) bond motifs is 1. The van der Waals surface area contributed by atoms with Gasteiger partial charge in [0.1, 0.15) is 0 Å². The Labute approximate surface area is 118 Å². The molecule has 3 nitrogen and oxygen atoms in total. The lowest BCUT2D eigenvalue weighted by atomic mass is 10.3. The monoisotopic (exact) mass is 273 g/mol. The van der Waals surface area contributed by atoms with Gasteiger partial charge in [0.25, 0.3) is 0 Å². The van der Waals surface area contributed by atoms with Crippen LogP contribution in [-0.4, -0.2) is 34.5 Å². The van der Waals surface area contributed by atoms with Gasteiger partial charge in [0.2, 0.25) is 0 Å². The molecule has 0 unspecified atom stereocenters. The van der Waals surface area contributed by atoms with Crippen molar-refractivity contribution in [1.82, 2.24) is 14.9 Å². The molecule has 3 rings (SSSR count). The highest BCUT2D eigenvalue weighted by Gasteiger charge is 2.09. The number of hydrogen-bond acceptors (Lipinski definition) is 4. The largest absolute Gasteiger partial charge is 0.300 e. The van der Waals surface area contributed by atoms with Crippen molar-refractivity contribution in [3.05, 3.63) is 28.5 Å². The minimum absolute atomic E-state index is 0.839. The van der Waals surface area contributed by atoms with Crippen LogP contribution in [0, 0.1) is 13.8 Å². The summed E-state index contributed by atoms with van der Waals surface area (Å²) in [5, 5.41) is 2.16. The van der Waals surface area contributed by atoms with Crippen LogP contribution >= 0.6 is 11.3 Å². The lowest BCUT2D eigenvalue weighted by Gasteiger charge is -2.10. The minimum Gasteiger partial charge on any atom is -0.300 e. The molecule has 0 spiro atoms. The zero-order chi connectivity index (χ0) is 13.2. The fraction of sp³-hybridized carbons (Fsp3) is 0.467. The van der Waals surface area contributed by atoms with Crippen molar-refractivity contribution in [2.45, 2.75) is 26.7 Å². The van der Waals surface area contributed by atoms with Gasteiger partial charge in [-0.2, -0.15) is 0 Å². The molecule has 0 amide bonds. The first-order valence-corrected chi connectivity index (χ1v) is 7.73. The van der Waals surface area contributed by atoms with Gasteiger partial charge < -0.3 is 0 Å². The van der Waals surface area contributed by atoms with E-state index in [1.807, 2.05) is 0 Å². The second-order valence-corrected chi connectivity index (χ2v) is 6.05. The van der Waals surface area contributed by atoms with E-state index in [4.69, 9.17) is 0 Å². The second-order valence-electron chi connectivity index (χ2n) is 5.17. The van der Waals surface area contributed by atoms with Crippen LogP contribution in [0.15, 0.2) is 11.5 Å². The van der Waals surface area contributed by atoms with Gasteiger partial charge in [-0.25, -0.2) is 9.97 Å². The highest BCUT2D eigenvalue weighted by Crippen LogP contribution is 2.25. The van der Waals surface area contributed by atoms with Crippen molar-refractivity contribution in [2.75, 3.05) is 19.6 Å². The Bertz CT molecular complexity index is 609. The molecule has 1 aliphatic rings. The molecule has 100 valence electrons. The van der Waals surface area contributed by atoms with Crippen molar-refractivity contribution in [2.24, 2.45) is 0 Å². The summed E-state index contributed by atoms with van der Waals surface area (Å²) in [7, 11) is 0. The van der Waals surface area contributed by atoms with Gasteiger partial charge in [-0.05, 0) is 56.8 Å². The first-order chi connectivity index (χ1) is 9.24. The molecule has 1 saturated heterocycles. The number of rotatable bonds is 3. The van der Waals surface area contributed by atoms with Gasteiger partial charge in [-0.3, -0.25) is 4.90 Å². The highest BCUT2D eigenvalue weighted by atomic mass is 32.1. The molecular weight excluding hydrogens is 254 g/mol. The van der Waals surface area contributed by atoms with Gasteiger partial charge in [0.05, 0.1) is 15.9 Å². The first-order valence-electron chi connectivity index (χ1n) is 6.85. The number of thiophene rings is 1. The predicted octanol–water partition coefficient (Wildman–Crippen LogP) is 3.42. The number of aryl methyl sites for hydroxylation is 2. The van der Waals surface area contributed by atoms with Crippen LogP contribution in [0.25, 0.3) is 16.3 Å². The third kappa shape index (κ3) is 2.69. The van der Waals surface area contributed by atoms with E-state index in [9.17, 15) is 0 Å². The lowest BCUT2D eigenvalue weighted by Crippen LogP contribution is -2.18. The standard InChI is InChI=1S/C15H19N3S/c1-11-10-19-15-12(2)16-13(17-14(11)15)6-5-9-18-7-3-4-8-18/h5-6,10H,3-4,7-9H2,1-2H3/b6-5+. The number of hydrogen-bond donors (Lipinski definition) is 0. The van der Waals surface area contributed by atoms with Gasteiger partial charge in [-0.1, -0.05) is 6.08 Å². The minimum atomic E-state index is 0.839. The molecule has 0 saturated carbocycles. The maximum Gasteiger partial charge on any atom is 0.152 e. The fourth-order valence-corrected chi connectivity index (χ4v) is 3.48. The van der Waals surface area contributed by atoms with E-state index in [0.717, 1.165) is 23.6 Å². The summed E-state index contributed by atoms with van der Waals surface area (Å²) in [4.78, 5) is 11.7. The number of aromatic nitrogens is 2. The summed E-state index contributed by atoms with van der Waals surface area (Å²) in [6, 6.07) is 0. The van der Waals surface area contributed by atoms with Crippen LogP contribution in [0.4, 0.5) is 0 Å². The van der Waals surface area contributed by atoms with Crippen molar-refractivity contribution in [1.29, 1.82) is 0 Å². The number of nitrogens with zero attached hydrogens (tertiary/aromatic N) is 3. The molecule has 1 fully saturated rings. The van der Waals surface area contributed by atoms with Gasteiger partial charge in [0, 0.05) is 6.54 Å². The van der Waals surface area contributed by atoms with Gasteiger partial charge in [-0.15, -0.1) is 11.3 Å². The van der Waals surface area contributed by atoms with Gasteiger partial charge >= 0.3 is 0 Å². The maximum atomic E-state index is 4.65. The average Bonchev–Trinajstić information content (AvgIpc) is 3.01.